The molecule has 0 aliphatic carbocycles. The van der Waals surface area contributed by atoms with Crippen molar-refractivity contribution in [2.75, 3.05) is 37.3 Å². The minimum Gasteiger partial charge on any atom is -0.362 e. The molecule has 138 valence electrons. The van der Waals surface area contributed by atoms with E-state index in [1.165, 1.54) is 12.1 Å². The van der Waals surface area contributed by atoms with Crippen molar-refractivity contribution in [1.29, 1.82) is 0 Å². The first-order valence-electron chi connectivity index (χ1n) is 7.73. The number of hydrogen-bond donors (Lipinski definition) is 1. The molecule has 0 unspecified atom stereocenters. The summed E-state index contributed by atoms with van der Waals surface area (Å²) < 4.78 is 23.2. The number of amides is 1. The summed E-state index contributed by atoms with van der Waals surface area (Å²) in [4.78, 5) is 26.3. The third-order valence-corrected chi connectivity index (χ3v) is 5.14. The van der Waals surface area contributed by atoms with Gasteiger partial charge >= 0.3 is 0 Å². The van der Waals surface area contributed by atoms with Crippen LogP contribution in [0.5, 0.6) is 0 Å². The molecule has 1 aliphatic heterocycles. The molecule has 2 N–H and O–H groups in total. The summed E-state index contributed by atoms with van der Waals surface area (Å²) in [6, 6.07) is 3.88. The minimum absolute atomic E-state index is 0.0957. The summed E-state index contributed by atoms with van der Waals surface area (Å²) in [5.74, 6) is -0.172. The predicted octanol–water partition coefficient (Wildman–Crippen LogP) is 0.384. The van der Waals surface area contributed by atoms with Crippen LogP contribution in [0.15, 0.2) is 23.1 Å². The number of sulfone groups is 1. The number of piperazine rings is 1. The predicted molar refractivity (Wildman–Crippen MR) is 93.3 cm³/mol. The van der Waals surface area contributed by atoms with Crippen LogP contribution in [0.3, 0.4) is 0 Å². The van der Waals surface area contributed by atoms with Gasteiger partial charge in [0.1, 0.15) is 5.69 Å². The third-order valence-electron chi connectivity index (χ3n) is 4.03. The van der Waals surface area contributed by atoms with Gasteiger partial charge in [-0.2, -0.15) is 0 Å². The number of nitro benzene ring substituents is 1. The molecule has 0 atom stereocenters. The molecule has 1 heterocycles. The van der Waals surface area contributed by atoms with Gasteiger partial charge in [0.25, 0.3) is 5.69 Å². The molecule has 1 aromatic carbocycles. The summed E-state index contributed by atoms with van der Waals surface area (Å²) in [5.41, 5.74) is 4.94. The summed E-state index contributed by atoms with van der Waals surface area (Å²) in [5, 5.41) is 11.4. The van der Waals surface area contributed by atoms with Crippen molar-refractivity contribution in [2.24, 2.45) is 5.73 Å². The number of hydrogen-bond acceptors (Lipinski definition) is 7. The lowest BCUT2D eigenvalue weighted by molar-refractivity contribution is -0.384. The van der Waals surface area contributed by atoms with E-state index in [0.29, 0.717) is 31.9 Å². The molecule has 1 aliphatic rings. The molecule has 9 nitrogen and oxygen atoms in total. The largest absolute Gasteiger partial charge is 0.362 e. The van der Waals surface area contributed by atoms with E-state index in [0.717, 1.165) is 12.3 Å². The Morgan fingerprint density at radius 3 is 2.24 bits per heavy atom. The summed E-state index contributed by atoms with van der Waals surface area (Å²) in [7, 11) is -3.53. The molecule has 25 heavy (non-hydrogen) atoms. The van der Waals surface area contributed by atoms with Crippen LogP contribution in [0.1, 0.15) is 13.8 Å². The first kappa shape index (κ1) is 19.1. The number of rotatable bonds is 4. The van der Waals surface area contributed by atoms with Gasteiger partial charge in [0.05, 0.1) is 15.4 Å². The molecule has 0 spiro atoms. The number of nitrogens with two attached hydrogens (primary N) is 1. The molecular weight excluding hydrogens is 348 g/mol. The molecule has 0 radical (unpaired) electrons. The molecule has 0 saturated carbocycles. The Kier molecular flexibility index (Phi) is 5.05. The Morgan fingerprint density at radius 1 is 1.24 bits per heavy atom. The molecule has 1 saturated heterocycles. The van der Waals surface area contributed by atoms with Crippen LogP contribution in [-0.2, 0) is 14.6 Å². The summed E-state index contributed by atoms with van der Waals surface area (Å²) in [6.45, 7) is 4.86. The SMILES string of the molecule is CC(C)(N)C(=O)N1CCN(c2ccc(S(C)(=O)=O)cc2[N+](=O)[O-])CC1. The second-order valence-corrected chi connectivity index (χ2v) is 8.70. The molecule has 1 fully saturated rings. The molecule has 0 bridgehead atoms. The van der Waals surface area contributed by atoms with Crippen LogP contribution in [0.25, 0.3) is 0 Å². The van der Waals surface area contributed by atoms with Crippen molar-refractivity contribution in [1.82, 2.24) is 4.90 Å². The Bertz CT molecular complexity index is 793. The van der Waals surface area contributed by atoms with E-state index in [4.69, 9.17) is 5.73 Å². The van der Waals surface area contributed by atoms with E-state index in [2.05, 4.69) is 0 Å². The normalized spacial score (nSPS) is 16.0. The highest BCUT2D eigenvalue weighted by molar-refractivity contribution is 7.90. The van der Waals surface area contributed by atoms with Crippen LogP contribution in [-0.4, -0.2) is 62.1 Å². The zero-order chi connectivity index (χ0) is 19.0. The van der Waals surface area contributed by atoms with Gasteiger partial charge in [-0.05, 0) is 26.0 Å². The number of carbonyl (C=O) groups excluding carboxylic acids is 1. The number of carbonyl (C=O) groups is 1. The van der Waals surface area contributed by atoms with Gasteiger partial charge in [-0.3, -0.25) is 14.9 Å². The van der Waals surface area contributed by atoms with Gasteiger partial charge in [0.15, 0.2) is 9.84 Å². The monoisotopic (exact) mass is 370 g/mol. The second kappa shape index (κ2) is 6.60. The lowest BCUT2D eigenvalue weighted by Gasteiger charge is -2.38. The van der Waals surface area contributed by atoms with E-state index in [9.17, 15) is 23.3 Å². The van der Waals surface area contributed by atoms with Crippen molar-refractivity contribution in [3.8, 4) is 0 Å². The summed E-state index contributed by atoms with van der Waals surface area (Å²) >= 11 is 0. The van der Waals surface area contributed by atoms with Gasteiger partial charge < -0.3 is 15.5 Å². The second-order valence-electron chi connectivity index (χ2n) is 6.68. The average molecular weight is 370 g/mol. The lowest BCUT2D eigenvalue weighted by Crippen LogP contribution is -2.57. The molecule has 2 rings (SSSR count). The van der Waals surface area contributed by atoms with Crippen molar-refractivity contribution in [3.05, 3.63) is 28.3 Å². The van der Waals surface area contributed by atoms with Crippen LogP contribution >= 0.6 is 0 Å². The number of nitrogens with zero attached hydrogens (tertiary/aromatic N) is 3. The Balaban J connectivity index is 2.24. The first-order chi connectivity index (χ1) is 11.4. The fourth-order valence-electron chi connectivity index (χ4n) is 2.71. The fourth-order valence-corrected chi connectivity index (χ4v) is 3.35. The molecule has 10 heteroatoms. The summed E-state index contributed by atoms with van der Waals surface area (Å²) in [6.07, 6.45) is 1.00. The van der Waals surface area contributed by atoms with Crippen LogP contribution in [0, 0.1) is 10.1 Å². The Hall–Kier alpha value is -2.20. The zero-order valence-corrected chi connectivity index (χ0v) is 15.2. The van der Waals surface area contributed by atoms with E-state index >= 15 is 0 Å². The number of benzene rings is 1. The van der Waals surface area contributed by atoms with Crippen LogP contribution in [0.2, 0.25) is 0 Å². The maximum Gasteiger partial charge on any atom is 0.293 e. The first-order valence-corrected chi connectivity index (χ1v) is 9.62. The van der Waals surface area contributed by atoms with E-state index in [1.807, 2.05) is 0 Å². The smallest absolute Gasteiger partial charge is 0.293 e. The average Bonchev–Trinajstić information content (AvgIpc) is 2.52. The van der Waals surface area contributed by atoms with Crippen molar-refractivity contribution in [3.63, 3.8) is 0 Å². The van der Waals surface area contributed by atoms with Crippen molar-refractivity contribution < 1.29 is 18.1 Å². The zero-order valence-electron chi connectivity index (χ0n) is 14.4. The highest BCUT2D eigenvalue weighted by atomic mass is 32.2. The van der Waals surface area contributed by atoms with Crippen molar-refractivity contribution >= 4 is 27.1 Å². The topological polar surface area (TPSA) is 127 Å². The fraction of sp³-hybridized carbons (Fsp3) is 0.533. The van der Waals surface area contributed by atoms with Crippen LogP contribution in [0.4, 0.5) is 11.4 Å². The maximum atomic E-state index is 12.2. The quantitative estimate of drug-likeness (QED) is 0.600. The van der Waals surface area contributed by atoms with Gasteiger partial charge in [-0.25, -0.2) is 8.42 Å². The van der Waals surface area contributed by atoms with Gasteiger partial charge in [0.2, 0.25) is 5.91 Å². The van der Waals surface area contributed by atoms with E-state index in [1.54, 1.807) is 23.6 Å². The minimum atomic E-state index is -3.53. The van der Waals surface area contributed by atoms with Gasteiger partial charge in [-0.15, -0.1) is 0 Å². The molecular formula is C15H22N4O5S. The number of nitro groups is 1. The highest BCUT2D eigenvalue weighted by Gasteiger charge is 2.32. The molecule has 1 amide bonds. The molecule has 1 aromatic rings. The standard InChI is InChI=1S/C15H22N4O5S/c1-15(2,16)14(20)18-8-6-17(7-9-18)12-5-4-11(25(3,23)24)10-13(12)19(21)22/h4-5,10H,6-9,16H2,1-3H3. The number of anilines is 1. The van der Waals surface area contributed by atoms with Crippen LogP contribution < -0.4 is 10.6 Å². The van der Waals surface area contributed by atoms with Gasteiger partial charge in [-0.1, -0.05) is 0 Å². The van der Waals surface area contributed by atoms with E-state index in [-0.39, 0.29) is 16.5 Å². The maximum absolute atomic E-state index is 12.2. The highest BCUT2D eigenvalue weighted by Crippen LogP contribution is 2.31. The molecule has 0 aromatic heterocycles. The van der Waals surface area contributed by atoms with Crippen molar-refractivity contribution in [2.45, 2.75) is 24.3 Å². The third kappa shape index (κ3) is 4.26. The Morgan fingerprint density at radius 2 is 1.80 bits per heavy atom. The van der Waals surface area contributed by atoms with Gasteiger partial charge in [0, 0.05) is 38.5 Å². The lowest BCUT2D eigenvalue weighted by atomic mass is 10.0. The van der Waals surface area contributed by atoms with E-state index < -0.39 is 20.3 Å². The Labute approximate surface area is 146 Å².